The summed E-state index contributed by atoms with van der Waals surface area (Å²) in [6.07, 6.45) is 0.580. The van der Waals surface area contributed by atoms with Gasteiger partial charge in [-0.1, -0.05) is 0 Å². The largest absolute Gasteiger partial charge is 0.375 e. The number of morpholine rings is 1. The van der Waals surface area contributed by atoms with Gasteiger partial charge in [0.2, 0.25) is 5.91 Å². The molecule has 1 aromatic heterocycles. The van der Waals surface area contributed by atoms with Crippen LogP contribution >= 0.6 is 0 Å². The fourth-order valence-electron chi connectivity index (χ4n) is 2.38. The molecule has 0 saturated carbocycles. The molecule has 0 N–H and O–H groups in total. The predicted octanol–water partition coefficient (Wildman–Crippen LogP) is 0.827. The van der Waals surface area contributed by atoms with Gasteiger partial charge in [0.25, 0.3) is 0 Å². The Morgan fingerprint density at radius 3 is 2.78 bits per heavy atom. The SMILES string of the molecule is Cc1nn(C)c(C)c1CC(=O)N1CCOC(C)C1. The van der Waals surface area contributed by atoms with E-state index in [9.17, 15) is 4.79 Å². The monoisotopic (exact) mass is 251 g/mol. The maximum absolute atomic E-state index is 12.3. The zero-order valence-electron chi connectivity index (χ0n) is 11.6. The van der Waals surface area contributed by atoms with Gasteiger partial charge in [0.15, 0.2) is 0 Å². The van der Waals surface area contributed by atoms with E-state index in [0.717, 1.165) is 17.0 Å². The number of aromatic nitrogens is 2. The predicted molar refractivity (Wildman–Crippen MR) is 68.4 cm³/mol. The number of hydrogen-bond acceptors (Lipinski definition) is 3. The molecule has 0 bridgehead atoms. The van der Waals surface area contributed by atoms with Crippen LogP contribution in [0.25, 0.3) is 0 Å². The summed E-state index contributed by atoms with van der Waals surface area (Å²) in [6.45, 7) is 7.98. The molecule has 0 spiro atoms. The Balaban J connectivity index is 2.06. The molecular weight excluding hydrogens is 230 g/mol. The second kappa shape index (κ2) is 5.10. The second-order valence-electron chi connectivity index (χ2n) is 4.97. The molecule has 0 radical (unpaired) electrons. The number of ether oxygens (including phenoxy) is 1. The molecule has 2 rings (SSSR count). The summed E-state index contributed by atoms with van der Waals surface area (Å²) in [6, 6.07) is 0. The lowest BCUT2D eigenvalue weighted by Gasteiger charge is -2.31. The first kappa shape index (κ1) is 13.1. The molecule has 5 nitrogen and oxygen atoms in total. The van der Waals surface area contributed by atoms with Gasteiger partial charge in [-0.15, -0.1) is 0 Å². The van der Waals surface area contributed by atoms with E-state index in [1.165, 1.54) is 0 Å². The molecule has 1 aliphatic heterocycles. The number of carbonyl (C=O) groups is 1. The van der Waals surface area contributed by atoms with Crippen molar-refractivity contribution < 1.29 is 9.53 Å². The van der Waals surface area contributed by atoms with E-state index in [1.807, 2.05) is 37.4 Å². The standard InChI is InChI=1S/C13H21N3O2/c1-9-8-16(5-6-18-9)13(17)7-12-10(2)14-15(4)11(12)3/h9H,5-8H2,1-4H3. The van der Waals surface area contributed by atoms with Crippen molar-refractivity contribution in [3.63, 3.8) is 0 Å². The van der Waals surface area contributed by atoms with Gasteiger partial charge in [0.05, 0.1) is 24.8 Å². The molecule has 1 fully saturated rings. The fourth-order valence-corrected chi connectivity index (χ4v) is 2.38. The topological polar surface area (TPSA) is 47.4 Å². The van der Waals surface area contributed by atoms with Crippen LogP contribution < -0.4 is 0 Å². The van der Waals surface area contributed by atoms with E-state index in [-0.39, 0.29) is 12.0 Å². The molecule has 1 unspecified atom stereocenters. The molecule has 0 aliphatic carbocycles. The Morgan fingerprint density at radius 1 is 1.50 bits per heavy atom. The van der Waals surface area contributed by atoms with E-state index in [2.05, 4.69) is 5.10 Å². The summed E-state index contributed by atoms with van der Waals surface area (Å²) < 4.78 is 7.28. The van der Waals surface area contributed by atoms with Crippen molar-refractivity contribution in [1.29, 1.82) is 0 Å². The summed E-state index contributed by atoms with van der Waals surface area (Å²) in [7, 11) is 1.91. The van der Waals surface area contributed by atoms with Gasteiger partial charge in [-0.25, -0.2) is 0 Å². The van der Waals surface area contributed by atoms with Crippen LogP contribution in [-0.2, 0) is 23.0 Å². The van der Waals surface area contributed by atoms with Gasteiger partial charge in [-0.3, -0.25) is 9.48 Å². The normalized spacial score (nSPS) is 20.2. The third-order valence-corrected chi connectivity index (χ3v) is 3.58. The van der Waals surface area contributed by atoms with Gasteiger partial charge >= 0.3 is 0 Å². The highest BCUT2D eigenvalue weighted by molar-refractivity contribution is 5.79. The van der Waals surface area contributed by atoms with Crippen LogP contribution in [0.1, 0.15) is 23.9 Å². The van der Waals surface area contributed by atoms with Gasteiger partial charge < -0.3 is 9.64 Å². The number of hydrogen-bond donors (Lipinski definition) is 0. The fraction of sp³-hybridized carbons (Fsp3) is 0.692. The maximum atomic E-state index is 12.3. The molecule has 1 aromatic rings. The van der Waals surface area contributed by atoms with E-state index in [4.69, 9.17) is 4.74 Å². The maximum Gasteiger partial charge on any atom is 0.227 e. The van der Waals surface area contributed by atoms with Crippen LogP contribution in [0.5, 0.6) is 0 Å². The number of amides is 1. The molecule has 1 aliphatic rings. The number of rotatable bonds is 2. The van der Waals surface area contributed by atoms with Gasteiger partial charge in [0, 0.05) is 31.4 Å². The lowest BCUT2D eigenvalue weighted by molar-refractivity contribution is -0.137. The van der Waals surface area contributed by atoms with Crippen molar-refractivity contribution in [2.24, 2.45) is 7.05 Å². The lowest BCUT2D eigenvalue weighted by atomic mass is 10.1. The molecule has 5 heteroatoms. The van der Waals surface area contributed by atoms with E-state index < -0.39 is 0 Å². The molecule has 1 atom stereocenters. The van der Waals surface area contributed by atoms with Crippen molar-refractivity contribution in [3.05, 3.63) is 17.0 Å². The minimum Gasteiger partial charge on any atom is -0.375 e. The minimum absolute atomic E-state index is 0.138. The smallest absolute Gasteiger partial charge is 0.227 e. The summed E-state index contributed by atoms with van der Waals surface area (Å²) in [4.78, 5) is 14.1. The Kier molecular flexibility index (Phi) is 3.71. The first-order chi connectivity index (χ1) is 8.49. The minimum atomic E-state index is 0.138. The highest BCUT2D eigenvalue weighted by Gasteiger charge is 2.23. The zero-order valence-corrected chi connectivity index (χ0v) is 11.6. The molecule has 1 saturated heterocycles. The molecule has 18 heavy (non-hydrogen) atoms. The van der Waals surface area contributed by atoms with Crippen molar-refractivity contribution in [2.75, 3.05) is 19.7 Å². The third-order valence-electron chi connectivity index (χ3n) is 3.58. The molecule has 2 heterocycles. The van der Waals surface area contributed by atoms with Gasteiger partial charge in [-0.05, 0) is 20.8 Å². The van der Waals surface area contributed by atoms with Crippen LogP contribution in [0.15, 0.2) is 0 Å². The lowest BCUT2D eigenvalue weighted by Crippen LogP contribution is -2.45. The van der Waals surface area contributed by atoms with Gasteiger partial charge in [0.1, 0.15) is 0 Å². The van der Waals surface area contributed by atoms with Crippen molar-refractivity contribution in [1.82, 2.24) is 14.7 Å². The summed E-state index contributed by atoms with van der Waals surface area (Å²) >= 11 is 0. The van der Waals surface area contributed by atoms with Gasteiger partial charge in [-0.2, -0.15) is 5.10 Å². The average molecular weight is 251 g/mol. The van der Waals surface area contributed by atoms with Crippen LogP contribution in [0.2, 0.25) is 0 Å². The summed E-state index contributed by atoms with van der Waals surface area (Å²) in [5, 5.41) is 4.34. The quantitative estimate of drug-likeness (QED) is 0.782. The zero-order chi connectivity index (χ0) is 13.3. The Morgan fingerprint density at radius 2 is 2.22 bits per heavy atom. The van der Waals surface area contributed by atoms with Crippen molar-refractivity contribution >= 4 is 5.91 Å². The number of aryl methyl sites for hydroxylation is 2. The van der Waals surface area contributed by atoms with E-state index in [0.29, 0.717) is 26.1 Å². The van der Waals surface area contributed by atoms with Crippen LogP contribution in [0.4, 0.5) is 0 Å². The number of carbonyl (C=O) groups excluding carboxylic acids is 1. The van der Waals surface area contributed by atoms with E-state index in [1.54, 1.807) is 0 Å². The van der Waals surface area contributed by atoms with Crippen LogP contribution in [0.3, 0.4) is 0 Å². The summed E-state index contributed by atoms with van der Waals surface area (Å²) in [5.74, 6) is 0.171. The molecule has 0 aromatic carbocycles. The van der Waals surface area contributed by atoms with Crippen molar-refractivity contribution in [2.45, 2.75) is 33.3 Å². The van der Waals surface area contributed by atoms with Crippen molar-refractivity contribution in [3.8, 4) is 0 Å². The van der Waals surface area contributed by atoms with Crippen LogP contribution in [-0.4, -0.2) is 46.4 Å². The Hall–Kier alpha value is -1.36. The summed E-state index contributed by atoms with van der Waals surface area (Å²) in [5.41, 5.74) is 3.08. The molecule has 100 valence electrons. The number of nitrogens with zero attached hydrogens (tertiary/aromatic N) is 3. The first-order valence-electron chi connectivity index (χ1n) is 6.37. The highest BCUT2D eigenvalue weighted by atomic mass is 16.5. The Bertz CT molecular complexity index is 453. The molecular formula is C13H21N3O2. The van der Waals surface area contributed by atoms with Crippen LogP contribution in [0, 0.1) is 13.8 Å². The highest BCUT2D eigenvalue weighted by Crippen LogP contribution is 2.15. The molecule has 1 amide bonds. The Labute approximate surface area is 108 Å². The third kappa shape index (κ3) is 2.56. The van der Waals surface area contributed by atoms with E-state index >= 15 is 0 Å². The second-order valence-corrected chi connectivity index (χ2v) is 4.97. The average Bonchev–Trinajstić information content (AvgIpc) is 2.56. The first-order valence-corrected chi connectivity index (χ1v) is 6.37.